The fraction of sp³-hybridized carbons (Fsp3) is 0. The van der Waals surface area contributed by atoms with Crippen molar-refractivity contribution in [2.75, 3.05) is 5.32 Å². The van der Waals surface area contributed by atoms with E-state index in [-0.39, 0.29) is 14.8 Å². The number of rotatable bonds is 2. The number of carbonyl (C=O) groups is 1. The van der Waals surface area contributed by atoms with Gasteiger partial charge in [0.05, 0.1) is 15.4 Å². The van der Waals surface area contributed by atoms with E-state index in [1.54, 1.807) is 22.6 Å². The molecule has 0 saturated heterocycles. The van der Waals surface area contributed by atoms with E-state index >= 15 is 0 Å². The SMILES string of the molecule is O=C(Nc1cc(F)c(I)c(F)c1)c1ccoc1. The van der Waals surface area contributed by atoms with E-state index in [0.717, 1.165) is 12.1 Å². The number of anilines is 1. The summed E-state index contributed by atoms with van der Waals surface area (Å²) in [5.41, 5.74) is 0.344. The number of nitrogens with one attached hydrogen (secondary N) is 1. The Morgan fingerprint density at radius 3 is 2.47 bits per heavy atom. The summed E-state index contributed by atoms with van der Waals surface area (Å²) in [6.45, 7) is 0. The molecule has 1 N–H and O–H groups in total. The van der Waals surface area contributed by atoms with Crippen molar-refractivity contribution >= 4 is 34.2 Å². The monoisotopic (exact) mass is 349 g/mol. The van der Waals surface area contributed by atoms with Gasteiger partial charge in [-0.05, 0) is 40.8 Å². The van der Waals surface area contributed by atoms with Gasteiger partial charge in [-0.3, -0.25) is 4.79 Å². The van der Waals surface area contributed by atoms with Crippen LogP contribution in [0.2, 0.25) is 0 Å². The Kier molecular flexibility index (Phi) is 3.41. The van der Waals surface area contributed by atoms with Crippen molar-refractivity contribution < 1.29 is 18.0 Å². The molecule has 0 atom stereocenters. The third-order valence-electron chi connectivity index (χ3n) is 2.03. The van der Waals surface area contributed by atoms with Crippen LogP contribution in [0.5, 0.6) is 0 Å². The normalized spacial score (nSPS) is 10.3. The Balaban J connectivity index is 2.22. The minimum Gasteiger partial charge on any atom is -0.472 e. The van der Waals surface area contributed by atoms with Crippen LogP contribution in [0.15, 0.2) is 35.1 Å². The standard InChI is InChI=1S/C11H6F2INO2/c12-8-3-7(4-9(13)10(8)14)15-11(16)6-1-2-17-5-6/h1-5H,(H,15,16). The maximum absolute atomic E-state index is 13.2. The van der Waals surface area contributed by atoms with Crippen LogP contribution in [0.1, 0.15) is 10.4 Å². The van der Waals surface area contributed by atoms with Crippen molar-refractivity contribution in [1.29, 1.82) is 0 Å². The van der Waals surface area contributed by atoms with Crippen molar-refractivity contribution in [3.8, 4) is 0 Å². The first-order chi connectivity index (χ1) is 8.08. The first kappa shape index (κ1) is 12.0. The summed E-state index contributed by atoms with van der Waals surface area (Å²) in [7, 11) is 0. The number of furan rings is 1. The molecule has 1 heterocycles. The second-order valence-electron chi connectivity index (χ2n) is 3.22. The topological polar surface area (TPSA) is 42.2 Å². The molecule has 17 heavy (non-hydrogen) atoms. The molecule has 0 aliphatic carbocycles. The smallest absolute Gasteiger partial charge is 0.258 e. The van der Waals surface area contributed by atoms with Crippen molar-refractivity contribution in [2.24, 2.45) is 0 Å². The van der Waals surface area contributed by atoms with E-state index in [1.165, 1.54) is 18.6 Å². The Labute approximate surface area is 109 Å². The lowest BCUT2D eigenvalue weighted by Crippen LogP contribution is -2.11. The van der Waals surface area contributed by atoms with E-state index < -0.39 is 17.5 Å². The zero-order valence-electron chi connectivity index (χ0n) is 8.34. The largest absolute Gasteiger partial charge is 0.472 e. The van der Waals surface area contributed by atoms with Crippen LogP contribution in [-0.2, 0) is 0 Å². The van der Waals surface area contributed by atoms with E-state index in [9.17, 15) is 13.6 Å². The number of halogens is 3. The molecule has 0 unspecified atom stereocenters. The number of amides is 1. The minimum atomic E-state index is -0.715. The van der Waals surface area contributed by atoms with Gasteiger partial charge in [-0.25, -0.2) is 8.78 Å². The van der Waals surface area contributed by atoms with Gasteiger partial charge in [0.15, 0.2) is 0 Å². The Morgan fingerprint density at radius 2 is 1.94 bits per heavy atom. The molecule has 0 bridgehead atoms. The quantitative estimate of drug-likeness (QED) is 0.667. The highest BCUT2D eigenvalue weighted by Gasteiger charge is 2.11. The highest BCUT2D eigenvalue weighted by Crippen LogP contribution is 2.20. The third-order valence-corrected chi connectivity index (χ3v) is 3.06. The summed E-state index contributed by atoms with van der Waals surface area (Å²) in [5.74, 6) is -1.92. The molecule has 0 aliphatic rings. The molecule has 0 radical (unpaired) electrons. The molecule has 2 rings (SSSR count). The van der Waals surface area contributed by atoms with Crippen LogP contribution in [0.3, 0.4) is 0 Å². The summed E-state index contributed by atoms with van der Waals surface area (Å²) in [6, 6.07) is 3.57. The predicted octanol–water partition coefficient (Wildman–Crippen LogP) is 3.41. The number of hydrogen-bond donors (Lipinski definition) is 1. The first-order valence-electron chi connectivity index (χ1n) is 4.56. The summed E-state index contributed by atoms with van der Waals surface area (Å²) < 4.78 is 31.1. The fourth-order valence-corrected chi connectivity index (χ4v) is 1.54. The van der Waals surface area contributed by atoms with Crippen molar-refractivity contribution in [3.63, 3.8) is 0 Å². The molecular weight excluding hydrogens is 343 g/mol. The summed E-state index contributed by atoms with van der Waals surface area (Å²) in [4.78, 5) is 11.6. The van der Waals surface area contributed by atoms with Gasteiger partial charge in [-0.15, -0.1) is 0 Å². The molecule has 6 heteroatoms. The third kappa shape index (κ3) is 2.63. The minimum absolute atomic E-state index is 0.0617. The summed E-state index contributed by atoms with van der Waals surface area (Å²) >= 11 is 1.55. The number of hydrogen-bond acceptors (Lipinski definition) is 2. The molecule has 0 aliphatic heterocycles. The van der Waals surface area contributed by atoms with Gasteiger partial charge in [-0.1, -0.05) is 0 Å². The average Bonchev–Trinajstić information content (AvgIpc) is 2.79. The van der Waals surface area contributed by atoms with Crippen LogP contribution in [-0.4, -0.2) is 5.91 Å². The van der Waals surface area contributed by atoms with Crippen molar-refractivity contribution in [2.45, 2.75) is 0 Å². The van der Waals surface area contributed by atoms with Crippen LogP contribution in [0.4, 0.5) is 14.5 Å². The van der Waals surface area contributed by atoms with Crippen LogP contribution in [0.25, 0.3) is 0 Å². The zero-order chi connectivity index (χ0) is 12.4. The summed E-state index contributed by atoms with van der Waals surface area (Å²) in [5, 5.41) is 2.37. The Bertz CT molecular complexity index is 532. The first-order valence-corrected chi connectivity index (χ1v) is 5.64. The Morgan fingerprint density at radius 1 is 1.29 bits per heavy atom. The van der Waals surface area contributed by atoms with Gasteiger partial charge in [0.1, 0.15) is 17.9 Å². The van der Waals surface area contributed by atoms with Gasteiger partial charge in [0.2, 0.25) is 0 Å². The summed E-state index contributed by atoms with van der Waals surface area (Å²) in [6.07, 6.45) is 2.58. The van der Waals surface area contributed by atoms with E-state index in [0.29, 0.717) is 0 Å². The highest BCUT2D eigenvalue weighted by molar-refractivity contribution is 14.1. The van der Waals surface area contributed by atoms with Crippen LogP contribution < -0.4 is 5.32 Å². The van der Waals surface area contributed by atoms with Crippen LogP contribution >= 0.6 is 22.6 Å². The average molecular weight is 349 g/mol. The molecule has 0 saturated carbocycles. The maximum Gasteiger partial charge on any atom is 0.258 e. The van der Waals surface area contributed by atoms with Crippen molar-refractivity contribution in [3.05, 3.63) is 51.5 Å². The molecule has 3 nitrogen and oxygen atoms in total. The van der Waals surface area contributed by atoms with Gasteiger partial charge < -0.3 is 9.73 Å². The van der Waals surface area contributed by atoms with E-state index in [1.807, 2.05) is 0 Å². The van der Waals surface area contributed by atoms with E-state index in [2.05, 4.69) is 5.32 Å². The molecule has 1 amide bonds. The molecule has 0 spiro atoms. The maximum atomic E-state index is 13.2. The van der Waals surface area contributed by atoms with Gasteiger partial charge in [-0.2, -0.15) is 0 Å². The lowest BCUT2D eigenvalue weighted by molar-refractivity contribution is 0.102. The molecule has 0 fully saturated rings. The number of benzene rings is 1. The lowest BCUT2D eigenvalue weighted by Gasteiger charge is -2.05. The molecular formula is C11H6F2INO2. The van der Waals surface area contributed by atoms with Gasteiger partial charge in [0.25, 0.3) is 5.91 Å². The Hall–Kier alpha value is -1.44. The molecule has 1 aromatic carbocycles. The lowest BCUT2D eigenvalue weighted by atomic mass is 10.2. The molecule has 2 aromatic rings. The number of carbonyl (C=O) groups excluding carboxylic acids is 1. The second kappa shape index (κ2) is 4.82. The fourth-order valence-electron chi connectivity index (χ4n) is 1.22. The molecule has 1 aromatic heterocycles. The van der Waals surface area contributed by atoms with Gasteiger partial charge >= 0.3 is 0 Å². The highest BCUT2D eigenvalue weighted by atomic mass is 127. The predicted molar refractivity (Wildman–Crippen MR) is 65.7 cm³/mol. The van der Waals surface area contributed by atoms with Gasteiger partial charge in [0, 0.05) is 5.69 Å². The second-order valence-corrected chi connectivity index (χ2v) is 4.30. The van der Waals surface area contributed by atoms with Crippen molar-refractivity contribution in [1.82, 2.24) is 0 Å². The zero-order valence-corrected chi connectivity index (χ0v) is 10.5. The van der Waals surface area contributed by atoms with Crippen LogP contribution in [0, 0.1) is 15.2 Å². The molecule has 88 valence electrons. The van der Waals surface area contributed by atoms with E-state index in [4.69, 9.17) is 4.42 Å².